The third-order valence-corrected chi connectivity index (χ3v) is 7.76. The van der Waals surface area contributed by atoms with Crippen LogP contribution in [0.25, 0.3) is 0 Å². The molecule has 0 bridgehead atoms. The van der Waals surface area contributed by atoms with Crippen LogP contribution in [0.1, 0.15) is 115 Å². The fraction of sp³-hybridized carbons (Fsp3) is 0.593. The zero-order valence-corrected chi connectivity index (χ0v) is 19.8. The summed E-state index contributed by atoms with van der Waals surface area (Å²) in [5.41, 5.74) is 7.96. The van der Waals surface area contributed by atoms with E-state index in [9.17, 15) is 9.59 Å². The van der Waals surface area contributed by atoms with Gasteiger partial charge < -0.3 is 20.9 Å². The summed E-state index contributed by atoms with van der Waals surface area (Å²) in [6, 6.07) is 9.80. The van der Waals surface area contributed by atoms with Crippen LogP contribution < -0.4 is 16.4 Å². The summed E-state index contributed by atoms with van der Waals surface area (Å²) >= 11 is 0. The van der Waals surface area contributed by atoms with Crippen molar-refractivity contribution in [3.8, 4) is 0 Å². The first-order chi connectivity index (χ1) is 16.6. The van der Waals surface area contributed by atoms with E-state index in [0.717, 1.165) is 75.5 Å². The van der Waals surface area contributed by atoms with Crippen LogP contribution in [0, 0.1) is 5.92 Å². The summed E-state index contributed by atoms with van der Waals surface area (Å²) < 4.78 is 5.40. The Kier molecular flexibility index (Phi) is 6.99. The van der Waals surface area contributed by atoms with Gasteiger partial charge in [-0.05, 0) is 75.0 Å². The first-order valence-electron chi connectivity index (χ1n) is 13.0. The molecular formula is C27H36N4O3. The number of carbonyl (C=O) groups is 2. The lowest BCUT2D eigenvalue weighted by atomic mass is 9.80. The molecule has 182 valence electrons. The summed E-state index contributed by atoms with van der Waals surface area (Å²) in [6.45, 7) is 0. The standard InChI is InChI=1S/C27H36N4O3/c28-21-11-13-22(14-12-21)29-26(32)20-8-4-7-19(15-20)25(18-5-2-1-3-6-18)30-27(33)23-16-24(34-31-23)17-9-10-17/h4,7-8,15-18,21-22,25H,1-3,5-6,9-14,28H2,(H,29,32)(H,30,33). The Bertz CT molecular complexity index is 1000. The third kappa shape index (κ3) is 5.52. The van der Waals surface area contributed by atoms with Gasteiger partial charge in [0.05, 0.1) is 6.04 Å². The molecule has 0 radical (unpaired) electrons. The van der Waals surface area contributed by atoms with Crippen LogP contribution >= 0.6 is 0 Å². The van der Waals surface area contributed by atoms with Crippen molar-refractivity contribution in [2.45, 2.75) is 94.7 Å². The SMILES string of the molecule is NC1CCC(NC(=O)c2cccc(C(NC(=O)c3cc(C4CC4)on3)C3CCCCC3)c2)CC1. The molecule has 0 spiro atoms. The second-order valence-corrected chi connectivity index (χ2v) is 10.4. The molecule has 3 aliphatic carbocycles. The first-order valence-corrected chi connectivity index (χ1v) is 13.0. The minimum atomic E-state index is -0.209. The number of amides is 2. The summed E-state index contributed by atoms with van der Waals surface area (Å²) in [6.07, 6.45) is 11.6. The molecule has 34 heavy (non-hydrogen) atoms. The van der Waals surface area contributed by atoms with Crippen LogP contribution in [-0.4, -0.2) is 29.1 Å². The average molecular weight is 465 g/mol. The molecule has 7 heteroatoms. The van der Waals surface area contributed by atoms with Crippen LogP contribution in [-0.2, 0) is 0 Å². The smallest absolute Gasteiger partial charge is 0.273 e. The number of nitrogens with one attached hydrogen (secondary N) is 2. The quantitative estimate of drug-likeness (QED) is 0.554. The molecule has 1 aromatic heterocycles. The van der Waals surface area contributed by atoms with Gasteiger partial charge in [0.25, 0.3) is 11.8 Å². The minimum Gasteiger partial charge on any atom is -0.360 e. The van der Waals surface area contributed by atoms with Gasteiger partial charge in [-0.15, -0.1) is 0 Å². The lowest BCUT2D eigenvalue weighted by Gasteiger charge is -2.31. The highest BCUT2D eigenvalue weighted by Gasteiger charge is 2.31. The number of carbonyl (C=O) groups excluding carboxylic acids is 2. The van der Waals surface area contributed by atoms with E-state index < -0.39 is 0 Å². The zero-order chi connectivity index (χ0) is 23.5. The van der Waals surface area contributed by atoms with E-state index in [-0.39, 0.29) is 29.9 Å². The Balaban J connectivity index is 1.32. The fourth-order valence-electron chi connectivity index (χ4n) is 5.52. The maximum atomic E-state index is 13.1. The molecule has 5 rings (SSSR count). The van der Waals surface area contributed by atoms with Gasteiger partial charge in [-0.3, -0.25) is 9.59 Å². The normalized spacial score (nSPS) is 24.4. The lowest BCUT2D eigenvalue weighted by molar-refractivity contribution is 0.0902. The Labute approximate surface area is 201 Å². The Morgan fingerprint density at radius 1 is 0.941 bits per heavy atom. The number of nitrogens with zero attached hydrogens (tertiary/aromatic N) is 1. The largest absolute Gasteiger partial charge is 0.360 e. The number of hydrogen-bond acceptors (Lipinski definition) is 5. The van der Waals surface area contributed by atoms with Crippen LogP contribution in [0.5, 0.6) is 0 Å². The van der Waals surface area contributed by atoms with Gasteiger partial charge in [-0.2, -0.15) is 0 Å². The number of benzene rings is 1. The molecule has 1 atom stereocenters. The molecule has 1 unspecified atom stereocenters. The second kappa shape index (κ2) is 10.3. The predicted octanol–water partition coefficient (Wildman–Crippen LogP) is 4.60. The number of rotatable bonds is 7. The number of nitrogens with two attached hydrogens (primary N) is 1. The Morgan fingerprint density at radius 2 is 1.71 bits per heavy atom. The van der Waals surface area contributed by atoms with E-state index in [4.69, 9.17) is 10.3 Å². The van der Waals surface area contributed by atoms with Gasteiger partial charge >= 0.3 is 0 Å². The molecule has 4 N–H and O–H groups in total. The second-order valence-electron chi connectivity index (χ2n) is 10.4. The van der Waals surface area contributed by atoms with Crippen LogP contribution in [0.3, 0.4) is 0 Å². The van der Waals surface area contributed by atoms with Gasteiger partial charge in [0.1, 0.15) is 5.76 Å². The zero-order valence-electron chi connectivity index (χ0n) is 19.8. The monoisotopic (exact) mass is 464 g/mol. The maximum Gasteiger partial charge on any atom is 0.273 e. The Hall–Kier alpha value is -2.67. The van der Waals surface area contributed by atoms with E-state index in [1.54, 1.807) is 6.07 Å². The van der Waals surface area contributed by atoms with E-state index in [1.165, 1.54) is 6.42 Å². The molecule has 2 amide bonds. The summed E-state index contributed by atoms with van der Waals surface area (Å²) in [5.74, 6) is 1.30. The first kappa shape index (κ1) is 23.1. The topological polar surface area (TPSA) is 110 Å². The molecule has 3 aliphatic rings. The highest BCUT2D eigenvalue weighted by Crippen LogP contribution is 2.40. The van der Waals surface area contributed by atoms with Crippen LogP contribution in [0.2, 0.25) is 0 Å². The van der Waals surface area contributed by atoms with Crippen molar-refractivity contribution < 1.29 is 14.1 Å². The van der Waals surface area contributed by atoms with E-state index >= 15 is 0 Å². The molecule has 1 aromatic carbocycles. The van der Waals surface area contributed by atoms with Gasteiger partial charge in [0, 0.05) is 29.6 Å². The number of hydrogen-bond donors (Lipinski definition) is 3. The van der Waals surface area contributed by atoms with E-state index in [2.05, 4.69) is 15.8 Å². The molecule has 0 aliphatic heterocycles. The van der Waals surface area contributed by atoms with Crippen LogP contribution in [0.4, 0.5) is 0 Å². The molecule has 1 heterocycles. The molecular weight excluding hydrogens is 428 g/mol. The average Bonchev–Trinajstić information content (AvgIpc) is 3.60. The highest BCUT2D eigenvalue weighted by molar-refractivity contribution is 5.95. The molecule has 0 saturated heterocycles. The van der Waals surface area contributed by atoms with Gasteiger partial charge in [0.2, 0.25) is 0 Å². The summed E-state index contributed by atoms with van der Waals surface area (Å²) in [5, 5.41) is 10.4. The molecule has 2 aromatic rings. The van der Waals surface area contributed by atoms with Crippen molar-refractivity contribution in [2.24, 2.45) is 11.7 Å². The predicted molar refractivity (Wildman–Crippen MR) is 129 cm³/mol. The van der Waals surface area contributed by atoms with Crippen molar-refractivity contribution in [3.05, 3.63) is 52.9 Å². The van der Waals surface area contributed by atoms with E-state index in [0.29, 0.717) is 23.1 Å². The van der Waals surface area contributed by atoms with Crippen molar-refractivity contribution in [1.29, 1.82) is 0 Å². The molecule has 7 nitrogen and oxygen atoms in total. The van der Waals surface area contributed by atoms with E-state index in [1.807, 2.05) is 24.3 Å². The summed E-state index contributed by atoms with van der Waals surface area (Å²) in [4.78, 5) is 26.1. The van der Waals surface area contributed by atoms with Crippen molar-refractivity contribution >= 4 is 11.8 Å². The van der Waals surface area contributed by atoms with Gasteiger partial charge in [-0.1, -0.05) is 36.6 Å². The molecule has 3 saturated carbocycles. The lowest BCUT2D eigenvalue weighted by Crippen LogP contribution is -2.40. The van der Waals surface area contributed by atoms with Crippen molar-refractivity contribution in [3.63, 3.8) is 0 Å². The minimum absolute atomic E-state index is 0.0541. The highest BCUT2D eigenvalue weighted by atomic mass is 16.5. The molecule has 3 fully saturated rings. The Morgan fingerprint density at radius 3 is 2.44 bits per heavy atom. The number of aromatic nitrogens is 1. The third-order valence-electron chi connectivity index (χ3n) is 7.76. The van der Waals surface area contributed by atoms with Gasteiger partial charge in [-0.25, -0.2) is 0 Å². The van der Waals surface area contributed by atoms with Crippen molar-refractivity contribution in [2.75, 3.05) is 0 Å². The van der Waals surface area contributed by atoms with Gasteiger partial charge in [0.15, 0.2) is 5.69 Å². The summed E-state index contributed by atoms with van der Waals surface area (Å²) in [7, 11) is 0. The maximum absolute atomic E-state index is 13.1. The van der Waals surface area contributed by atoms with Crippen molar-refractivity contribution in [1.82, 2.24) is 15.8 Å². The fourth-order valence-corrected chi connectivity index (χ4v) is 5.52. The van der Waals surface area contributed by atoms with Crippen LogP contribution in [0.15, 0.2) is 34.9 Å².